The van der Waals surface area contributed by atoms with Crippen LogP contribution in [0.2, 0.25) is 0 Å². The molecule has 1 aliphatic rings. The first kappa shape index (κ1) is 8.53. The highest BCUT2D eigenvalue weighted by Gasteiger charge is 2.18. The van der Waals surface area contributed by atoms with Gasteiger partial charge in [0.2, 0.25) is 0 Å². The van der Waals surface area contributed by atoms with Gasteiger partial charge in [0, 0.05) is 28.5 Å². The second-order valence-electron chi connectivity index (χ2n) is 3.36. The van der Waals surface area contributed by atoms with E-state index in [9.17, 15) is 0 Å². The summed E-state index contributed by atoms with van der Waals surface area (Å²) in [6.45, 7) is 0. The molecule has 0 atom stereocenters. The van der Waals surface area contributed by atoms with Gasteiger partial charge >= 0.3 is 0 Å². The number of halogens is 1. The fraction of sp³-hybridized carbons (Fsp3) is 0.667. The van der Waals surface area contributed by atoms with Gasteiger partial charge in [0.25, 0.3) is 3.90 Å². The largest absolute Gasteiger partial charge is 0.440 e. The normalized spacial score (nSPS) is 19.8. The van der Waals surface area contributed by atoms with Gasteiger partial charge in [-0.1, -0.05) is 19.3 Å². The summed E-state index contributed by atoms with van der Waals surface area (Å²) in [7, 11) is 0. The maximum Gasteiger partial charge on any atom is 0.257 e. The third kappa shape index (κ3) is 1.81. The summed E-state index contributed by atoms with van der Waals surface area (Å²) in [6.07, 6.45) is 8.51. The number of nitrogens with zero attached hydrogens (tertiary/aromatic N) is 1. The quantitative estimate of drug-likeness (QED) is 0.736. The molecule has 1 aliphatic carbocycles. The van der Waals surface area contributed by atoms with Crippen molar-refractivity contribution in [2.24, 2.45) is 0 Å². The molecule has 1 heterocycles. The molecule has 1 aromatic heterocycles. The maximum atomic E-state index is 5.19. The Morgan fingerprint density at radius 2 is 2.08 bits per heavy atom. The van der Waals surface area contributed by atoms with Crippen molar-refractivity contribution in [2.45, 2.75) is 38.0 Å². The third-order valence-electron chi connectivity index (χ3n) is 2.52. The van der Waals surface area contributed by atoms with Gasteiger partial charge in [-0.2, -0.15) is 0 Å². The minimum atomic E-state index is 0.672. The van der Waals surface area contributed by atoms with Crippen LogP contribution in [0.5, 0.6) is 0 Å². The Morgan fingerprint density at radius 1 is 1.33 bits per heavy atom. The number of oxazole rings is 1. The van der Waals surface area contributed by atoms with Crippen molar-refractivity contribution >= 4 is 22.6 Å². The van der Waals surface area contributed by atoms with Crippen LogP contribution in [0.3, 0.4) is 0 Å². The van der Waals surface area contributed by atoms with Crippen molar-refractivity contribution in [3.8, 4) is 0 Å². The van der Waals surface area contributed by atoms with Gasteiger partial charge < -0.3 is 4.42 Å². The van der Waals surface area contributed by atoms with Gasteiger partial charge in [-0.15, -0.1) is 0 Å². The molecule has 12 heavy (non-hydrogen) atoms. The first-order valence-corrected chi connectivity index (χ1v) is 5.55. The molecule has 2 nitrogen and oxygen atoms in total. The lowest BCUT2D eigenvalue weighted by Gasteiger charge is -2.18. The van der Waals surface area contributed by atoms with Gasteiger partial charge in [0.1, 0.15) is 6.26 Å². The van der Waals surface area contributed by atoms with E-state index in [-0.39, 0.29) is 0 Å². The van der Waals surface area contributed by atoms with Crippen molar-refractivity contribution in [1.82, 2.24) is 4.98 Å². The predicted molar refractivity (Wildman–Crippen MR) is 55.0 cm³/mol. The number of aromatic nitrogens is 1. The van der Waals surface area contributed by atoms with E-state index < -0.39 is 0 Å². The van der Waals surface area contributed by atoms with E-state index in [1.165, 1.54) is 37.8 Å². The summed E-state index contributed by atoms with van der Waals surface area (Å²) in [4.78, 5) is 4.35. The Bertz CT molecular complexity index is 253. The van der Waals surface area contributed by atoms with Gasteiger partial charge in [-0.05, 0) is 12.8 Å². The van der Waals surface area contributed by atoms with Crippen LogP contribution in [-0.2, 0) is 0 Å². The van der Waals surface area contributed by atoms with E-state index in [2.05, 4.69) is 27.6 Å². The highest BCUT2D eigenvalue weighted by molar-refractivity contribution is 14.1. The van der Waals surface area contributed by atoms with Gasteiger partial charge in [-0.3, -0.25) is 0 Å². The van der Waals surface area contributed by atoms with Crippen LogP contribution in [0.15, 0.2) is 10.7 Å². The van der Waals surface area contributed by atoms with Gasteiger partial charge in [-0.25, -0.2) is 4.98 Å². The van der Waals surface area contributed by atoms with Gasteiger partial charge in [0.15, 0.2) is 0 Å². The molecule has 1 fully saturated rings. The first-order valence-electron chi connectivity index (χ1n) is 4.47. The van der Waals surface area contributed by atoms with Crippen LogP contribution in [0.4, 0.5) is 0 Å². The molecule has 0 radical (unpaired) electrons. The molecule has 2 rings (SSSR count). The summed E-state index contributed by atoms with van der Waals surface area (Å²) in [5.74, 6) is 0.672. The monoisotopic (exact) mass is 277 g/mol. The van der Waals surface area contributed by atoms with Crippen LogP contribution in [0.1, 0.15) is 43.7 Å². The van der Waals surface area contributed by atoms with Crippen LogP contribution in [-0.4, -0.2) is 4.98 Å². The maximum absolute atomic E-state index is 5.19. The third-order valence-corrected chi connectivity index (χ3v) is 3.01. The molecule has 0 saturated heterocycles. The lowest BCUT2D eigenvalue weighted by atomic mass is 9.87. The zero-order valence-corrected chi connectivity index (χ0v) is 9.08. The molecule has 3 heteroatoms. The molecule has 0 unspecified atom stereocenters. The van der Waals surface area contributed by atoms with Crippen LogP contribution >= 0.6 is 22.6 Å². The highest BCUT2D eigenvalue weighted by atomic mass is 127. The summed E-state index contributed by atoms with van der Waals surface area (Å²) >= 11 is 2.12. The number of hydrogen-bond acceptors (Lipinski definition) is 2. The lowest BCUT2D eigenvalue weighted by molar-refractivity contribution is 0.435. The summed E-state index contributed by atoms with van der Waals surface area (Å²) in [6, 6.07) is 0. The van der Waals surface area contributed by atoms with E-state index >= 15 is 0 Å². The molecule has 0 bridgehead atoms. The number of rotatable bonds is 1. The fourth-order valence-electron chi connectivity index (χ4n) is 1.85. The molecule has 1 aromatic rings. The minimum absolute atomic E-state index is 0.672. The molecule has 0 spiro atoms. The fourth-order valence-corrected chi connectivity index (χ4v) is 2.25. The Balaban J connectivity index is 2.08. The molecule has 0 aliphatic heterocycles. The first-order chi connectivity index (χ1) is 5.86. The second kappa shape index (κ2) is 3.77. The Morgan fingerprint density at radius 3 is 2.67 bits per heavy atom. The van der Waals surface area contributed by atoms with Gasteiger partial charge in [0.05, 0.1) is 5.69 Å². The van der Waals surface area contributed by atoms with Crippen molar-refractivity contribution in [2.75, 3.05) is 0 Å². The average Bonchev–Trinajstić information content (AvgIpc) is 2.54. The van der Waals surface area contributed by atoms with Crippen LogP contribution < -0.4 is 0 Å². The van der Waals surface area contributed by atoms with E-state index in [4.69, 9.17) is 4.42 Å². The average molecular weight is 277 g/mol. The lowest BCUT2D eigenvalue weighted by Crippen LogP contribution is -2.04. The Labute approximate surface area is 85.9 Å². The highest BCUT2D eigenvalue weighted by Crippen LogP contribution is 2.31. The topological polar surface area (TPSA) is 26.0 Å². The van der Waals surface area contributed by atoms with E-state index in [1.807, 2.05) is 6.26 Å². The predicted octanol–water partition coefficient (Wildman–Crippen LogP) is 3.33. The molecule has 66 valence electrons. The SMILES string of the molecule is Ic1nc(C2CCCCC2)co1. The van der Waals surface area contributed by atoms with Crippen LogP contribution in [0, 0.1) is 3.90 Å². The van der Waals surface area contributed by atoms with Crippen molar-refractivity contribution in [3.63, 3.8) is 0 Å². The zero-order valence-electron chi connectivity index (χ0n) is 6.92. The number of hydrogen-bond donors (Lipinski definition) is 0. The zero-order chi connectivity index (χ0) is 8.39. The second-order valence-corrected chi connectivity index (χ2v) is 4.28. The smallest absolute Gasteiger partial charge is 0.257 e. The van der Waals surface area contributed by atoms with E-state index in [1.54, 1.807) is 0 Å². The van der Waals surface area contributed by atoms with Crippen LogP contribution in [0.25, 0.3) is 0 Å². The molecule has 0 amide bonds. The molecule has 0 N–H and O–H groups in total. The molecular formula is C9H12INO. The Hall–Kier alpha value is -0.0600. The van der Waals surface area contributed by atoms with E-state index in [0.29, 0.717) is 5.92 Å². The standard InChI is InChI=1S/C9H12INO/c10-9-11-8(6-12-9)7-4-2-1-3-5-7/h6-7H,1-5H2. The van der Waals surface area contributed by atoms with E-state index in [0.717, 1.165) is 3.90 Å². The minimum Gasteiger partial charge on any atom is -0.440 e. The van der Waals surface area contributed by atoms with Crippen molar-refractivity contribution in [3.05, 3.63) is 15.9 Å². The summed E-state index contributed by atoms with van der Waals surface area (Å²) in [5, 5.41) is 0. The van der Waals surface area contributed by atoms with Crippen molar-refractivity contribution in [1.29, 1.82) is 0 Å². The summed E-state index contributed by atoms with van der Waals surface area (Å²) in [5.41, 5.74) is 1.17. The molecule has 1 saturated carbocycles. The van der Waals surface area contributed by atoms with Crippen molar-refractivity contribution < 1.29 is 4.42 Å². The summed E-state index contributed by atoms with van der Waals surface area (Å²) < 4.78 is 5.96. The molecule has 0 aromatic carbocycles. The Kier molecular flexibility index (Phi) is 2.68. The molecular weight excluding hydrogens is 265 g/mol.